The summed E-state index contributed by atoms with van der Waals surface area (Å²) in [5.41, 5.74) is 7.88. The summed E-state index contributed by atoms with van der Waals surface area (Å²) in [5.74, 6) is 0. The van der Waals surface area contributed by atoms with E-state index < -0.39 is 0 Å². The van der Waals surface area contributed by atoms with E-state index in [2.05, 4.69) is 132 Å². The van der Waals surface area contributed by atoms with Crippen LogP contribution in [0.5, 0.6) is 0 Å². The van der Waals surface area contributed by atoms with Gasteiger partial charge in [0, 0.05) is 28.4 Å². The largest absolute Gasteiger partial charge is 0.355 e. The lowest BCUT2D eigenvalue weighted by molar-refractivity contribution is 1.28. The molecular formula is C30H24N2. The van der Waals surface area contributed by atoms with Gasteiger partial charge in [0.15, 0.2) is 0 Å². The zero-order valence-electron chi connectivity index (χ0n) is 17.7. The molecule has 32 heavy (non-hydrogen) atoms. The van der Waals surface area contributed by atoms with Gasteiger partial charge >= 0.3 is 0 Å². The molecule has 154 valence electrons. The molecular weight excluding hydrogens is 388 g/mol. The molecule has 0 aliphatic rings. The van der Waals surface area contributed by atoms with Crippen molar-refractivity contribution in [2.24, 2.45) is 0 Å². The van der Waals surface area contributed by atoms with Gasteiger partial charge in [0.2, 0.25) is 0 Å². The second-order valence-corrected chi connectivity index (χ2v) is 7.63. The number of hydrogen-bond acceptors (Lipinski definition) is 2. The lowest BCUT2D eigenvalue weighted by atomic mass is 10.1. The predicted octanol–water partition coefficient (Wildman–Crippen LogP) is 8.57. The third kappa shape index (κ3) is 4.40. The quantitative estimate of drug-likeness (QED) is 0.300. The Balaban J connectivity index is 1.48. The summed E-state index contributed by atoms with van der Waals surface area (Å²) in [4.78, 5) is 2.27. The van der Waals surface area contributed by atoms with Crippen LogP contribution in [0.15, 0.2) is 140 Å². The van der Waals surface area contributed by atoms with Gasteiger partial charge in [-0.2, -0.15) is 0 Å². The van der Waals surface area contributed by atoms with Crippen LogP contribution < -0.4 is 10.2 Å². The molecule has 2 nitrogen and oxygen atoms in total. The summed E-state index contributed by atoms with van der Waals surface area (Å²) in [6, 6.07) is 48.4. The van der Waals surface area contributed by atoms with Gasteiger partial charge in [-0.15, -0.1) is 0 Å². The second-order valence-electron chi connectivity index (χ2n) is 7.63. The first-order valence-corrected chi connectivity index (χ1v) is 10.8. The molecule has 0 saturated heterocycles. The third-order valence-corrected chi connectivity index (χ3v) is 5.39. The van der Waals surface area contributed by atoms with E-state index in [0.29, 0.717) is 0 Å². The Bertz CT molecular complexity index is 1240. The summed E-state index contributed by atoms with van der Waals surface area (Å²) < 4.78 is 0. The van der Waals surface area contributed by atoms with Crippen molar-refractivity contribution in [3.8, 4) is 11.1 Å². The van der Waals surface area contributed by atoms with Crippen LogP contribution in [0.3, 0.4) is 0 Å². The van der Waals surface area contributed by atoms with E-state index in [9.17, 15) is 0 Å². The first-order valence-electron chi connectivity index (χ1n) is 10.8. The predicted molar refractivity (Wildman–Crippen MR) is 136 cm³/mol. The first kappa shape index (κ1) is 19.7. The minimum Gasteiger partial charge on any atom is -0.355 e. The van der Waals surface area contributed by atoms with Gasteiger partial charge < -0.3 is 10.2 Å². The fourth-order valence-electron chi connectivity index (χ4n) is 3.90. The maximum atomic E-state index is 3.59. The van der Waals surface area contributed by atoms with E-state index in [1.807, 2.05) is 18.2 Å². The highest BCUT2D eigenvalue weighted by Gasteiger charge is 2.12. The highest BCUT2D eigenvalue weighted by molar-refractivity contribution is 5.79. The number of para-hydroxylation sites is 2. The molecule has 0 aromatic heterocycles. The molecule has 0 radical (unpaired) electrons. The van der Waals surface area contributed by atoms with Crippen molar-refractivity contribution in [1.82, 2.24) is 0 Å². The summed E-state index contributed by atoms with van der Waals surface area (Å²) in [6.45, 7) is 0. The van der Waals surface area contributed by atoms with Crippen LogP contribution in [-0.4, -0.2) is 0 Å². The summed E-state index contributed by atoms with van der Waals surface area (Å²) in [6.07, 6.45) is 0. The Kier molecular flexibility index (Phi) is 5.67. The van der Waals surface area contributed by atoms with Crippen molar-refractivity contribution in [1.29, 1.82) is 0 Å². The summed E-state index contributed by atoms with van der Waals surface area (Å²) >= 11 is 0. The SMILES string of the molecule is c1ccc(-c2cccc(Nc3cccc(N(c4ccccc4)c4ccccc4)c3)c2)cc1. The topological polar surface area (TPSA) is 15.3 Å². The van der Waals surface area contributed by atoms with Gasteiger partial charge in [0.05, 0.1) is 0 Å². The van der Waals surface area contributed by atoms with Crippen LogP contribution in [0, 0.1) is 0 Å². The minimum absolute atomic E-state index is 1.05. The maximum absolute atomic E-state index is 3.59. The maximum Gasteiger partial charge on any atom is 0.0482 e. The molecule has 0 heterocycles. The van der Waals surface area contributed by atoms with Gasteiger partial charge in [-0.3, -0.25) is 0 Å². The van der Waals surface area contributed by atoms with E-state index in [0.717, 1.165) is 28.4 Å². The van der Waals surface area contributed by atoms with Crippen molar-refractivity contribution in [2.45, 2.75) is 0 Å². The molecule has 5 rings (SSSR count). The van der Waals surface area contributed by atoms with Crippen LogP contribution >= 0.6 is 0 Å². The second kappa shape index (κ2) is 9.23. The molecule has 0 unspecified atom stereocenters. The van der Waals surface area contributed by atoms with Crippen LogP contribution in [0.1, 0.15) is 0 Å². The molecule has 0 aliphatic heterocycles. The summed E-state index contributed by atoms with van der Waals surface area (Å²) in [5, 5.41) is 3.59. The van der Waals surface area contributed by atoms with Gasteiger partial charge in [0.1, 0.15) is 0 Å². The number of hydrogen-bond donors (Lipinski definition) is 1. The molecule has 0 bridgehead atoms. The van der Waals surface area contributed by atoms with E-state index in [4.69, 9.17) is 0 Å². The molecule has 0 aliphatic carbocycles. The highest BCUT2D eigenvalue weighted by atomic mass is 15.1. The number of nitrogens with zero attached hydrogens (tertiary/aromatic N) is 1. The Morgan fingerprint density at radius 3 is 1.47 bits per heavy atom. The van der Waals surface area contributed by atoms with E-state index in [-0.39, 0.29) is 0 Å². The van der Waals surface area contributed by atoms with Crippen molar-refractivity contribution in [2.75, 3.05) is 10.2 Å². The Morgan fingerprint density at radius 1 is 0.375 bits per heavy atom. The molecule has 1 N–H and O–H groups in total. The lowest BCUT2D eigenvalue weighted by Crippen LogP contribution is -2.09. The standard InChI is InChI=1S/C30H24N2/c1-4-12-24(13-5-1)25-14-10-15-26(22-25)31-27-16-11-21-30(23-27)32(28-17-6-2-7-18-28)29-19-8-3-9-20-29/h1-23,31H. The first-order chi connectivity index (χ1) is 15.9. The van der Waals surface area contributed by atoms with Crippen LogP contribution in [0.2, 0.25) is 0 Å². The fourth-order valence-corrected chi connectivity index (χ4v) is 3.90. The Morgan fingerprint density at radius 2 is 0.844 bits per heavy atom. The van der Waals surface area contributed by atoms with Crippen LogP contribution in [-0.2, 0) is 0 Å². The van der Waals surface area contributed by atoms with E-state index >= 15 is 0 Å². The normalized spacial score (nSPS) is 10.5. The minimum atomic E-state index is 1.05. The number of benzene rings is 5. The van der Waals surface area contributed by atoms with Crippen molar-refractivity contribution in [3.05, 3.63) is 140 Å². The van der Waals surface area contributed by atoms with Gasteiger partial charge in [-0.25, -0.2) is 0 Å². The number of anilines is 5. The number of rotatable bonds is 6. The van der Waals surface area contributed by atoms with Gasteiger partial charge in [-0.1, -0.05) is 84.9 Å². The lowest BCUT2D eigenvalue weighted by Gasteiger charge is -2.26. The Hall–Kier alpha value is -4.30. The smallest absolute Gasteiger partial charge is 0.0482 e. The van der Waals surface area contributed by atoms with Gasteiger partial charge in [0.25, 0.3) is 0 Å². The monoisotopic (exact) mass is 412 g/mol. The molecule has 0 spiro atoms. The molecule has 0 atom stereocenters. The van der Waals surface area contributed by atoms with Crippen LogP contribution in [0.4, 0.5) is 28.4 Å². The summed E-state index contributed by atoms with van der Waals surface area (Å²) in [7, 11) is 0. The molecule has 5 aromatic carbocycles. The molecule has 0 fully saturated rings. The molecule has 0 amide bonds. The van der Waals surface area contributed by atoms with E-state index in [1.54, 1.807) is 0 Å². The van der Waals surface area contributed by atoms with Crippen LogP contribution in [0.25, 0.3) is 11.1 Å². The highest BCUT2D eigenvalue weighted by Crippen LogP contribution is 2.35. The number of nitrogens with one attached hydrogen (secondary N) is 1. The van der Waals surface area contributed by atoms with Crippen molar-refractivity contribution < 1.29 is 0 Å². The average Bonchev–Trinajstić information content (AvgIpc) is 2.87. The van der Waals surface area contributed by atoms with E-state index in [1.165, 1.54) is 11.1 Å². The zero-order chi connectivity index (χ0) is 21.6. The average molecular weight is 413 g/mol. The van der Waals surface area contributed by atoms with Crippen molar-refractivity contribution >= 4 is 28.4 Å². The zero-order valence-corrected chi connectivity index (χ0v) is 17.7. The molecule has 2 heteroatoms. The fraction of sp³-hybridized carbons (Fsp3) is 0. The van der Waals surface area contributed by atoms with Crippen molar-refractivity contribution in [3.63, 3.8) is 0 Å². The van der Waals surface area contributed by atoms with Gasteiger partial charge in [-0.05, 0) is 65.7 Å². The Labute approximate surface area is 189 Å². The third-order valence-electron chi connectivity index (χ3n) is 5.39. The molecule has 0 saturated carbocycles. The molecule has 5 aromatic rings.